The zero-order chi connectivity index (χ0) is 13.1. The number of aliphatic imine (C=N–C) groups is 1. The molecule has 102 valence electrons. The fourth-order valence-corrected chi connectivity index (χ4v) is 4.06. The van der Waals surface area contributed by atoms with Crippen LogP contribution >= 0.6 is 11.8 Å². The summed E-state index contributed by atoms with van der Waals surface area (Å²) in [4.78, 5) is 8.91. The lowest BCUT2D eigenvalue weighted by molar-refractivity contribution is 0.311. The molecule has 2 fully saturated rings. The second-order valence-electron chi connectivity index (χ2n) is 5.53. The molecule has 4 heteroatoms. The average Bonchev–Trinajstić information content (AvgIpc) is 2.46. The number of thioether (sulfide) groups is 1. The first-order chi connectivity index (χ1) is 9.33. The monoisotopic (exact) mass is 275 g/mol. The summed E-state index contributed by atoms with van der Waals surface area (Å²) in [6.45, 7) is 2.86. The molecular weight excluding hydrogens is 254 g/mol. The summed E-state index contributed by atoms with van der Waals surface area (Å²) in [6.07, 6.45) is 9.25. The maximum Gasteiger partial charge on any atom is 0.157 e. The van der Waals surface area contributed by atoms with Gasteiger partial charge in [0, 0.05) is 24.2 Å². The van der Waals surface area contributed by atoms with E-state index in [-0.39, 0.29) is 0 Å². The predicted molar refractivity (Wildman–Crippen MR) is 81.5 cm³/mol. The SMILES string of the molecule is Cc1ccncc1CN=C1NC2CCCCC2CS1. The van der Waals surface area contributed by atoms with Crippen molar-refractivity contribution in [3.8, 4) is 0 Å². The number of aromatic nitrogens is 1. The Labute approximate surface area is 119 Å². The summed E-state index contributed by atoms with van der Waals surface area (Å²) in [6, 6.07) is 2.72. The van der Waals surface area contributed by atoms with Gasteiger partial charge < -0.3 is 5.32 Å². The van der Waals surface area contributed by atoms with Gasteiger partial charge in [-0.1, -0.05) is 24.6 Å². The third-order valence-corrected chi connectivity index (χ3v) is 5.31. The van der Waals surface area contributed by atoms with Crippen molar-refractivity contribution >= 4 is 16.9 Å². The van der Waals surface area contributed by atoms with Gasteiger partial charge in [-0.2, -0.15) is 0 Å². The first kappa shape index (κ1) is 13.0. The molecule has 1 aromatic heterocycles. The Kier molecular flexibility index (Phi) is 4.06. The first-order valence-electron chi connectivity index (χ1n) is 7.16. The van der Waals surface area contributed by atoms with E-state index in [1.54, 1.807) is 0 Å². The van der Waals surface area contributed by atoms with E-state index < -0.39 is 0 Å². The third kappa shape index (κ3) is 3.11. The molecule has 0 aromatic carbocycles. The van der Waals surface area contributed by atoms with E-state index in [4.69, 9.17) is 4.99 Å². The van der Waals surface area contributed by atoms with Gasteiger partial charge in [0.1, 0.15) is 0 Å². The van der Waals surface area contributed by atoms with E-state index in [9.17, 15) is 0 Å². The van der Waals surface area contributed by atoms with E-state index in [0.717, 1.165) is 17.6 Å². The number of nitrogens with zero attached hydrogens (tertiary/aromatic N) is 2. The van der Waals surface area contributed by atoms with Crippen molar-refractivity contribution in [2.75, 3.05) is 5.75 Å². The van der Waals surface area contributed by atoms with Crippen molar-refractivity contribution in [3.63, 3.8) is 0 Å². The van der Waals surface area contributed by atoms with Crippen LogP contribution in [-0.2, 0) is 6.54 Å². The minimum Gasteiger partial charge on any atom is -0.362 e. The van der Waals surface area contributed by atoms with Crippen molar-refractivity contribution < 1.29 is 0 Å². The highest BCUT2D eigenvalue weighted by atomic mass is 32.2. The number of hydrogen-bond acceptors (Lipinski definition) is 3. The van der Waals surface area contributed by atoms with Gasteiger partial charge in [-0.3, -0.25) is 9.98 Å². The molecule has 0 radical (unpaired) electrons. The zero-order valence-electron chi connectivity index (χ0n) is 11.4. The van der Waals surface area contributed by atoms with Gasteiger partial charge in [-0.05, 0) is 42.9 Å². The minimum absolute atomic E-state index is 0.670. The van der Waals surface area contributed by atoms with Crippen molar-refractivity contribution in [3.05, 3.63) is 29.6 Å². The lowest BCUT2D eigenvalue weighted by Crippen LogP contribution is -2.46. The van der Waals surface area contributed by atoms with Crippen molar-refractivity contribution in [2.45, 2.75) is 45.2 Å². The highest BCUT2D eigenvalue weighted by Gasteiger charge is 2.30. The number of hydrogen-bond donors (Lipinski definition) is 1. The van der Waals surface area contributed by atoms with Crippen LogP contribution in [0.15, 0.2) is 23.5 Å². The van der Waals surface area contributed by atoms with Gasteiger partial charge in [0.05, 0.1) is 6.54 Å². The molecule has 2 unspecified atom stereocenters. The van der Waals surface area contributed by atoms with Crippen molar-refractivity contribution in [1.29, 1.82) is 0 Å². The molecule has 3 nitrogen and oxygen atoms in total. The van der Waals surface area contributed by atoms with E-state index in [1.807, 2.05) is 30.2 Å². The maximum absolute atomic E-state index is 4.73. The quantitative estimate of drug-likeness (QED) is 0.901. The van der Waals surface area contributed by atoms with Crippen LogP contribution in [0.3, 0.4) is 0 Å². The van der Waals surface area contributed by atoms with Gasteiger partial charge >= 0.3 is 0 Å². The Bertz CT molecular complexity index is 472. The van der Waals surface area contributed by atoms with Crippen LogP contribution < -0.4 is 5.32 Å². The number of aryl methyl sites for hydroxylation is 1. The average molecular weight is 275 g/mol. The summed E-state index contributed by atoms with van der Waals surface area (Å²) >= 11 is 1.89. The van der Waals surface area contributed by atoms with Crippen LogP contribution in [0.5, 0.6) is 0 Å². The van der Waals surface area contributed by atoms with Gasteiger partial charge in [-0.25, -0.2) is 0 Å². The normalized spacial score (nSPS) is 28.8. The molecule has 0 spiro atoms. The standard InChI is InChI=1S/C15H21N3S/c1-11-6-7-16-8-13(11)9-17-15-18-14-5-3-2-4-12(14)10-19-15/h6-8,12,14H,2-5,9-10H2,1H3,(H,17,18). The first-order valence-corrected chi connectivity index (χ1v) is 8.15. The summed E-state index contributed by atoms with van der Waals surface area (Å²) in [7, 11) is 0. The summed E-state index contributed by atoms with van der Waals surface area (Å²) < 4.78 is 0. The van der Waals surface area contributed by atoms with E-state index in [2.05, 4.69) is 17.2 Å². The molecule has 2 atom stereocenters. The lowest BCUT2D eigenvalue weighted by atomic mass is 9.86. The second kappa shape index (κ2) is 5.95. The molecule has 1 N–H and O–H groups in total. The molecule has 3 rings (SSSR count). The smallest absolute Gasteiger partial charge is 0.157 e. The van der Waals surface area contributed by atoms with Crippen LogP contribution in [0.1, 0.15) is 36.8 Å². The van der Waals surface area contributed by atoms with Crippen molar-refractivity contribution in [1.82, 2.24) is 10.3 Å². The van der Waals surface area contributed by atoms with E-state index >= 15 is 0 Å². The molecular formula is C15H21N3S. The molecule has 0 amide bonds. The highest BCUT2D eigenvalue weighted by molar-refractivity contribution is 8.13. The molecule has 1 aliphatic carbocycles. The predicted octanol–water partition coefficient (Wildman–Crippen LogP) is 3.14. The maximum atomic E-state index is 4.73. The Morgan fingerprint density at radius 1 is 1.42 bits per heavy atom. The summed E-state index contributed by atoms with van der Waals surface area (Å²) in [5, 5.41) is 4.77. The van der Waals surface area contributed by atoms with Gasteiger partial charge in [0.15, 0.2) is 5.17 Å². The Hall–Kier alpha value is -1.03. The topological polar surface area (TPSA) is 37.3 Å². The molecule has 1 saturated carbocycles. The Morgan fingerprint density at radius 3 is 3.21 bits per heavy atom. The van der Waals surface area contributed by atoms with E-state index in [1.165, 1.54) is 42.6 Å². The van der Waals surface area contributed by atoms with Crippen LogP contribution in [0.4, 0.5) is 0 Å². The Morgan fingerprint density at radius 2 is 2.32 bits per heavy atom. The molecule has 1 aromatic rings. The largest absolute Gasteiger partial charge is 0.362 e. The van der Waals surface area contributed by atoms with Gasteiger partial charge in [-0.15, -0.1) is 0 Å². The summed E-state index contributed by atoms with van der Waals surface area (Å²) in [5.74, 6) is 2.10. The van der Waals surface area contributed by atoms with Crippen LogP contribution in [0, 0.1) is 12.8 Å². The summed E-state index contributed by atoms with van der Waals surface area (Å²) in [5.41, 5.74) is 2.50. The highest BCUT2D eigenvalue weighted by Crippen LogP contribution is 2.31. The van der Waals surface area contributed by atoms with Crippen LogP contribution in [0.25, 0.3) is 0 Å². The minimum atomic E-state index is 0.670. The van der Waals surface area contributed by atoms with Gasteiger partial charge in [0.2, 0.25) is 0 Å². The molecule has 2 heterocycles. The van der Waals surface area contributed by atoms with Crippen molar-refractivity contribution in [2.24, 2.45) is 10.9 Å². The molecule has 0 bridgehead atoms. The number of fused-ring (bicyclic) bond motifs is 1. The molecule has 1 aliphatic heterocycles. The molecule has 2 aliphatic rings. The lowest BCUT2D eigenvalue weighted by Gasteiger charge is -2.36. The second-order valence-corrected chi connectivity index (χ2v) is 6.54. The molecule has 1 saturated heterocycles. The van der Waals surface area contributed by atoms with Crippen LogP contribution in [0.2, 0.25) is 0 Å². The number of amidine groups is 1. The number of nitrogens with one attached hydrogen (secondary N) is 1. The Balaban J connectivity index is 1.63. The van der Waals surface area contributed by atoms with Crippen LogP contribution in [-0.4, -0.2) is 21.9 Å². The van der Waals surface area contributed by atoms with E-state index in [0.29, 0.717) is 6.04 Å². The molecule has 19 heavy (non-hydrogen) atoms. The zero-order valence-corrected chi connectivity index (χ0v) is 12.2. The fraction of sp³-hybridized carbons (Fsp3) is 0.600. The third-order valence-electron chi connectivity index (χ3n) is 4.19. The number of pyridine rings is 1. The van der Waals surface area contributed by atoms with Gasteiger partial charge in [0.25, 0.3) is 0 Å². The number of rotatable bonds is 2. The fourth-order valence-electron chi connectivity index (χ4n) is 2.89.